The van der Waals surface area contributed by atoms with E-state index in [0.717, 1.165) is 19.3 Å². The van der Waals surface area contributed by atoms with E-state index in [4.69, 9.17) is 5.11 Å². The summed E-state index contributed by atoms with van der Waals surface area (Å²) in [6, 6.07) is 0. The lowest BCUT2D eigenvalue weighted by Crippen LogP contribution is -2.13. The summed E-state index contributed by atoms with van der Waals surface area (Å²) in [5.41, 5.74) is 0. The Morgan fingerprint density at radius 3 is 2.38 bits per heavy atom. The van der Waals surface area contributed by atoms with E-state index in [1.807, 2.05) is 0 Å². The van der Waals surface area contributed by atoms with Crippen LogP contribution in [-0.2, 0) is 4.79 Å². The van der Waals surface area contributed by atoms with Gasteiger partial charge in [-0.05, 0) is 18.8 Å². The second kappa shape index (κ2) is 6.89. The number of hydrogen-bond acceptors (Lipinski definition) is 2. The predicted octanol–water partition coefficient (Wildman–Crippen LogP) is 2.04. The molecule has 0 radical (unpaired) electrons. The molecule has 0 amide bonds. The van der Waals surface area contributed by atoms with Crippen LogP contribution in [0, 0.1) is 5.92 Å². The van der Waals surface area contributed by atoms with Crippen LogP contribution in [0.3, 0.4) is 0 Å². The summed E-state index contributed by atoms with van der Waals surface area (Å²) in [5.74, 6) is -0.330. The van der Waals surface area contributed by atoms with Crippen LogP contribution in [-0.4, -0.2) is 22.3 Å². The molecule has 2 unspecified atom stereocenters. The van der Waals surface area contributed by atoms with Crippen molar-refractivity contribution >= 4 is 5.97 Å². The number of carbonyl (C=O) groups is 1. The quantitative estimate of drug-likeness (QED) is 0.642. The Morgan fingerprint density at radius 2 is 1.92 bits per heavy atom. The summed E-state index contributed by atoms with van der Waals surface area (Å²) in [5, 5.41) is 17.6. The van der Waals surface area contributed by atoms with Crippen LogP contribution in [0.5, 0.6) is 0 Å². The third-order valence-electron chi connectivity index (χ3n) is 2.18. The van der Waals surface area contributed by atoms with E-state index in [9.17, 15) is 9.90 Å². The standard InChI is InChI=1S/C10H20O3/c1-3-4-8(2)5-6-9(11)7-10(12)13/h8-9,11H,3-7H2,1-2H3,(H,12,13). The summed E-state index contributed by atoms with van der Waals surface area (Å²) < 4.78 is 0. The van der Waals surface area contributed by atoms with Gasteiger partial charge in [0.15, 0.2) is 0 Å². The molecule has 0 aromatic heterocycles. The Hall–Kier alpha value is -0.570. The summed E-state index contributed by atoms with van der Waals surface area (Å²) in [6.45, 7) is 4.27. The van der Waals surface area contributed by atoms with Crippen molar-refractivity contribution in [3.05, 3.63) is 0 Å². The number of aliphatic hydroxyl groups excluding tert-OH is 1. The van der Waals surface area contributed by atoms with Gasteiger partial charge in [-0.25, -0.2) is 0 Å². The lowest BCUT2D eigenvalue weighted by Gasteiger charge is -2.12. The Balaban J connectivity index is 3.45. The molecule has 0 saturated carbocycles. The Labute approximate surface area is 79.8 Å². The van der Waals surface area contributed by atoms with Crippen LogP contribution >= 0.6 is 0 Å². The fraction of sp³-hybridized carbons (Fsp3) is 0.900. The number of carboxylic acid groups (broad SMARTS) is 1. The van der Waals surface area contributed by atoms with E-state index in [0.29, 0.717) is 12.3 Å². The van der Waals surface area contributed by atoms with Crippen LogP contribution in [0.15, 0.2) is 0 Å². The van der Waals surface area contributed by atoms with E-state index in [1.165, 1.54) is 0 Å². The van der Waals surface area contributed by atoms with Gasteiger partial charge in [-0.15, -0.1) is 0 Å². The molecule has 3 heteroatoms. The Morgan fingerprint density at radius 1 is 1.31 bits per heavy atom. The lowest BCUT2D eigenvalue weighted by molar-refractivity contribution is -0.139. The van der Waals surface area contributed by atoms with E-state index in [1.54, 1.807) is 0 Å². The predicted molar refractivity (Wildman–Crippen MR) is 51.6 cm³/mol. The molecule has 0 bridgehead atoms. The third kappa shape index (κ3) is 7.78. The first-order valence-electron chi connectivity index (χ1n) is 4.96. The average molecular weight is 188 g/mol. The number of aliphatic hydroxyl groups is 1. The molecule has 0 spiro atoms. The largest absolute Gasteiger partial charge is 0.481 e. The monoisotopic (exact) mass is 188 g/mol. The minimum absolute atomic E-state index is 0.126. The summed E-state index contributed by atoms with van der Waals surface area (Å²) in [7, 11) is 0. The number of carboxylic acids is 1. The van der Waals surface area contributed by atoms with E-state index in [-0.39, 0.29) is 6.42 Å². The first kappa shape index (κ1) is 12.4. The SMILES string of the molecule is CCCC(C)CCC(O)CC(=O)O. The molecule has 2 N–H and O–H groups in total. The zero-order valence-corrected chi connectivity index (χ0v) is 8.49. The van der Waals surface area contributed by atoms with Crippen LogP contribution in [0.4, 0.5) is 0 Å². The van der Waals surface area contributed by atoms with Crippen LogP contribution in [0.1, 0.15) is 46.0 Å². The number of aliphatic carboxylic acids is 1. The molecular weight excluding hydrogens is 168 g/mol. The van der Waals surface area contributed by atoms with Crippen LogP contribution in [0.25, 0.3) is 0 Å². The highest BCUT2D eigenvalue weighted by Crippen LogP contribution is 2.14. The highest BCUT2D eigenvalue weighted by molar-refractivity contribution is 5.67. The highest BCUT2D eigenvalue weighted by Gasteiger charge is 2.10. The van der Waals surface area contributed by atoms with Gasteiger partial charge in [0.1, 0.15) is 0 Å². The molecule has 0 fully saturated rings. The molecule has 0 aromatic carbocycles. The molecule has 2 atom stereocenters. The molecule has 0 aliphatic heterocycles. The van der Waals surface area contributed by atoms with Gasteiger partial charge in [-0.3, -0.25) is 4.79 Å². The fourth-order valence-corrected chi connectivity index (χ4v) is 1.42. The third-order valence-corrected chi connectivity index (χ3v) is 2.18. The van der Waals surface area contributed by atoms with Crippen molar-refractivity contribution in [3.63, 3.8) is 0 Å². The Bertz CT molecular complexity index is 145. The molecule has 0 rings (SSSR count). The van der Waals surface area contributed by atoms with Gasteiger partial charge in [0.05, 0.1) is 12.5 Å². The van der Waals surface area contributed by atoms with Gasteiger partial charge < -0.3 is 10.2 Å². The maximum absolute atomic E-state index is 10.2. The maximum atomic E-state index is 10.2. The van der Waals surface area contributed by atoms with E-state index in [2.05, 4.69) is 13.8 Å². The van der Waals surface area contributed by atoms with Gasteiger partial charge in [-0.2, -0.15) is 0 Å². The van der Waals surface area contributed by atoms with Crippen LogP contribution in [0.2, 0.25) is 0 Å². The van der Waals surface area contributed by atoms with Gasteiger partial charge in [0.2, 0.25) is 0 Å². The number of rotatable bonds is 7. The molecule has 0 saturated heterocycles. The topological polar surface area (TPSA) is 57.5 Å². The molecule has 0 heterocycles. The average Bonchev–Trinajstić information content (AvgIpc) is 2.00. The van der Waals surface area contributed by atoms with Crippen molar-refractivity contribution in [1.82, 2.24) is 0 Å². The normalized spacial score (nSPS) is 15.3. The molecule has 78 valence electrons. The molecular formula is C10H20O3. The smallest absolute Gasteiger partial charge is 0.305 e. The molecule has 0 aliphatic rings. The van der Waals surface area contributed by atoms with Crippen LogP contribution < -0.4 is 0 Å². The zero-order valence-electron chi connectivity index (χ0n) is 8.49. The van der Waals surface area contributed by atoms with Crippen molar-refractivity contribution in [2.75, 3.05) is 0 Å². The summed E-state index contributed by atoms with van der Waals surface area (Å²) in [4.78, 5) is 10.2. The zero-order chi connectivity index (χ0) is 10.3. The second-order valence-electron chi connectivity index (χ2n) is 3.72. The lowest BCUT2D eigenvalue weighted by atomic mass is 9.97. The molecule has 0 aliphatic carbocycles. The molecule has 3 nitrogen and oxygen atoms in total. The van der Waals surface area contributed by atoms with Crippen molar-refractivity contribution in [2.45, 2.75) is 52.1 Å². The maximum Gasteiger partial charge on any atom is 0.305 e. The first-order chi connectivity index (χ1) is 6.06. The second-order valence-corrected chi connectivity index (χ2v) is 3.72. The van der Waals surface area contributed by atoms with E-state index < -0.39 is 12.1 Å². The fourth-order valence-electron chi connectivity index (χ4n) is 1.42. The van der Waals surface area contributed by atoms with Gasteiger partial charge in [-0.1, -0.05) is 26.7 Å². The highest BCUT2D eigenvalue weighted by atomic mass is 16.4. The van der Waals surface area contributed by atoms with Gasteiger partial charge in [0.25, 0.3) is 0 Å². The van der Waals surface area contributed by atoms with Gasteiger partial charge >= 0.3 is 5.97 Å². The van der Waals surface area contributed by atoms with Gasteiger partial charge in [0, 0.05) is 0 Å². The minimum Gasteiger partial charge on any atom is -0.481 e. The Kier molecular flexibility index (Phi) is 6.59. The van der Waals surface area contributed by atoms with Crippen molar-refractivity contribution in [1.29, 1.82) is 0 Å². The minimum atomic E-state index is -0.921. The number of hydrogen-bond donors (Lipinski definition) is 2. The van der Waals surface area contributed by atoms with Crippen molar-refractivity contribution in [2.24, 2.45) is 5.92 Å². The van der Waals surface area contributed by atoms with E-state index >= 15 is 0 Å². The molecule has 13 heavy (non-hydrogen) atoms. The first-order valence-corrected chi connectivity index (χ1v) is 4.96. The molecule has 0 aromatic rings. The summed E-state index contributed by atoms with van der Waals surface area (Å²) >= 11 is 0. The summed E-state index contributed by atoms with van der Waals surface area (Å²) in [6.07, 6.45) is 3.03. The van der Waals surface area contributed by atoms with Crippen molar-refractivity contribution < 1.29 is 15.0 Å². The van der Waals surface area contributed by atoms with Crippen molar-refractivity contribution in [3.8, 4) is 0 Å².